The van der Waals surface area contributed by atoms with E-state index in [2.05, 4.69) is 11.4 Å². The number of Topliss-reactive ketones (excluding diaryl/α,β-unsaturated/α-hetero) is 1. The Morgan fingerprint density at radius 1 is 0.938 bits per heavy atom. The molecule has 0 saturated heterocycles. The number of ketones is 1. The third-order valence-electron chi connectivity index (χ3n) is 5.09. The molecule has 3 aromatic carbocycles. The molecule has 6 nitrogen and oxygen atoms in total. The number of thiazole rings is 1. The van der Waals surface area contributed by atoms with E-state index in [1.807, 2.05) is 42.5 Å². The van der Waals surface area contributed by atoms with Crippen LogP contribution in [0, 0.1) is 0 Å². The number of methoxy groups -OCH3 is 3. The number of carbonyl (C=O) groups excluding carboxylic acids is 1. The molecule has 0 fully saturated rings. The van der Waals surface area contributed by atoms with E-state index < -0.39 is 0 Å². The number of benzene rings is 3. The van der Waals surface area contributed by atoms with Crippen LogP contribution in [0.3, 0.4) is 0 Å². The lowest BCUT2D eigenvalue weighted by Gasteiger charge is -2.14. The minimum Gasteiger partial charge on any atom is -0.493 e. The minimum absolute atomic E-state index is 0.0113. The van der Waals surface area contributed by atoms with E-state index in [0.717, 1.165) is 21.8 Å². The number of nitrogens with zero attached hydrogens (tertiary/aromatic N) is 1. The lowest BCUT2D eigenvalue weighted by atomic mass is 10.1. The number of ether oxygens (including phenoxy) is 3. The topological polar surface area (TPSA) is 69.7 Å². The molecular formula is C25H24N2O4S. The second kappa shape index (κ2) is 9.70. The van der Waals surface area contributed by atoms with Gasteiger partial charge in [0.2, 0.25) is 5.75 Å². The standard InChI is InChI=1S/C25H24N2O4S/c1-29-21-14-17(15-22(30-2)24(21)31-3)20(28)12-13-26-18-10-8-16(9-11-18)25-27-19-6-4-5-7-23(19)32-25/h4-11,14-15,26H,12-13H2,1-3H3. The van der Waals surface area contributed by atoms with Gasteiger partial charge in [0, 0.05) is 29.8 Å². The molecule has 0 saturated carbocycles. The van der Waals surface area contributed by atoms with Gasteiger partial charge in [0.15, 0.2) is 17.3 Å². The van der Waals surface area contributed by atoms with Gasteiger partial charge in [-0.2, -0.15) is 0 Å². The number of hydrogen-bond acceptors (Lipinski definition) is 7. The van der Waals surface area contributed by atoms with E-state index in [9.17, 15) is 4.79 Å². The molecule has 0 radical (unpaired) electrons. The predicted molar refractivity (Wildman–Crippen MR) is 129 cm³/mol. The van der Waals surface area contributed by atoms with Crippen LogP contribution in [0.1, 0.15) is 16.8 Å². The van der Waals surface area contributed by atoms with E-state index in [0.29, 0.717) is 35.8 Å². The number of hydrogen-bond donors (Lipinski definition) is 1. The van der Waals surface area contributed by atoms with Gasteiger partial charge < -0.3 is 19.5 Å². The highest BCUT2D eigenvalue weighted by Crippen LogP contribution is 2.38. The number of anilines is 1. The minimum atomic E-state index is -0.0113. The molecule has 0 aliphatic heterocycles. The highest BCUT2D eigenvalue weighted by molar-refractivity contribution is 7.21. The molecule has 4 rings (SSSR count). The summed E-state index contributed by atoms with van der Waals surface area (Å²) in [6, 6.07) is 19.6. The second-order valence-electron chi connectivity index (χ2n) is 7.08. The number of rotatable bonds is 9. The van der Waals surface area contributed by atoms with Crippen LogP contribution in [0.4, 0.5) is 5.69 Å². The molecule has 32 heavy (non-hydrogen) atoms. The summed E-state index contributed by atoms with van der Waals surface area (Å²) in [5, 5.41) is 4.30. The zero-order valence-electron chi connectivity index (χ0n) is 18.2. The van der Waals surface area contributed by atoms with Gasteiger partial charge in [0.05, 0.1) is 31.5 Å². The Morgan fingerprint density at radius 3 is 2.25 bits per heavy atom. The Balaban J connectivity index is 1.38. The smallest absolute Gasteiger partial charge is 0.203 e. The van der Waals surface area contributed by atoms with Crippen molar-refractivity contribution < 1.29 is 19.0 Å². The Bertz CT molecular complexity index is 1180. The van der Waals surface area contributed by atoms with Crippen molar-refractivity contribution in [1.82, 2.24) is 4.98 Å². The van der Waals surface area contributed by atoms with Crippen LogP contribution in [0.15, 0.2) is 60.7 Å². The summed E-state index contributed by atoms with van der Waals surface area (Å²) in [5.41, 5.74) is 3.56. The largest absolute Gasteiger partial charge is 0.493 e. The first-order valence-electron chi connectivity index (χ1n) is 10.2. The number of para-hydroxylation sites is 1. The Kier molecular flexibility index (Phi) is 6.56. The molecule has 0 unspecified atom stereocenters. The lowest BCUT2D eigenvalue weighted by molar-refractivity contribution is 0.0985. The maximum atomic E-state index is 12.7. The highest BCUT2D eigenvalue weighted by Gasteiger charge is 2.16. The molecule has 0 aliphatic carbocycles. The third kappa shape index (κ3) is 4.53. The molecule has 1 aromatic heterocycles. The number of carbonyl (C=O) groups is 1. The molecular weight excluding hydrogens is 424 g/mol. The van der Waals surface area contributed by atoms with Crippen LogP contribution in [0.25, 0.3) is 20.8 Å². The van der Waals surface area contributed by atoms with Gasteiger partial charge in [-0.25, -0.2) is 4.98 Å². The number of aromatic nitrogens is 1. The molecule has 0 bridgehead atoms. The predicted octanol–water partition coefficient (Wildman–Crippen LogP) is 5.67. The third-order valence-corrected chi connectivity index (χ3v) is 6.18. The SMILES string of the molecule is COc1cc(C(=O)CCNc2ccc(-c3nc4ccccc4s3)cc2)cc(OC)c1OC. The van der Waals surface area contributed by atoms with Crippen LogP contribution in [-0.4, -0.2) is 38.6 Å². The molecule has 164 valence electrons. The number of nitrogens with one attached hydrogen (secondary N) is 1. The summed E-state index contributed by atoms with van der Waals surface area (Å²) in [4.78, 5) is 17.4. The summed E-state index contributed by atoms with van der Waals surface area (Å²) in [6.07, 6.45) is 0.332. The summed E-state index contributed by atoms with van der Waals surface area (Å²) < 4.78 is 17.2. The van der Waals surface area contributed by atoms with Crippen molar-refractivity contribution in [3.63, 3.8) is 0 Å². The van der Waals surface area contributed by atoms with Crippen molar-refractivity contribution in [1.29, 1.82) is 0 Å². The Morgan fingerprint density at radius 2 is 1.62 bits per heavy atom. The summed E-state index contributed by atoms with van der Waals surface area (Å²) in [5.74, 6) is 1.39. The average molecular weight is 449 g/mol. The van der Waals surface area contributed by atoms with Gasteiger partial charge in [-0.05, 0) is 48.5 Å². The fourth-order valence-corrected chi connectivity index (χ4v) is 4.40. The Hall–Kier alpha value is -3.58. The first-order chi connectivity index (χ1) is 15.6. The quantitative estimate of drug-likeness (QED) is 0.333. The van der Waals surface area contributed by atoms with Gasteiger partial charge in [0.1, 0.15) is 5.01 Å². The molecule has 0 spiro atoms. The van der Waals surface area contributed by atoms with Gasteiger partial charge in [-0.15, -0.1) is 11.3 Å². The van der Waals surface area contributed by atoms with Gasteiger partial charge in [-0.3, -0.25) is 4.79 Å². The van der Waals surface area contributed by atoms with Crippen molar-refractivity contribution in [2.24, 2.45) is 0 Å². The number of fused-ring (bicyclic) bond motifs is 1. The molecule has 1 N–H and O–H groups in total. The van der Waals surface area contributed by atoms with E-state index in [-0.39, 0.29) is 5.78 Å². The van der Waals surface area contributed by atoms with E-state index in [1.54, 1.807) is 23.5 Å². The first kappa shape index (κ1) is 21.6. The second-order valence-corrected chi connectivity index (χ2v) is 8.11. The molecule has 0 amide bonds. The summed E-state index contributed by atoms with van der Waals surface area (Å²) in [7, 11) is 4.60. The van der Waals surface area contributed by atoms with Crippen molar-refractivity contribution in [3.05, 3.63) is 66.2 Å². The molecule has 1 heterocycles. The van der Waals surface area contributed by atoms with Gasteiger partial charge in [-0.1, -0.05) is 12.1 Å². The van der Waals surface area contributed by atoms with Crippen LogP contribution >= 0.6 is 11.3 Å². The monoisotopic (exact) mass is 448 g/mol. The van der Waals surface area contributed by atoms with Crippen LogP contribution < -0.4 is 19.5 Å². The van der Waals surface area contributed by atoms with Crippen molar-refractivity contribution in [2.75, 3.05) is 33.2 Å². The zero-order chi connectivity index (χ0) is 22.5. The molecule has 7 heteroatoms. The first-order valence-corrected chi connectivity index (χ1v) is 11.0. The molecule has 0 aliphatic rings. The molecule has 4 aromatic rings. The van der Waals surface area contributed by atoms with Crippen molar-refractivity contribution >= 4 is 33.0 Å². The summed E-state index contributed by atoms with van der Waals surface area (Å²) >= 11 is 1.68. The van der Waals surface area contributed by atoms with E-state index >= 15 is 0 Å². The Labute approximate surface area is 190 Å². The van der Waals surface area contributed by atoms with Gasteiger partial charge >= 0.3 is 0 Å². The van der Waals surface area contributed by atoms with Crippen molar-refractivity contribution in [2.45, 2.75) is 6.42 Å². The zero-order valence-corrected chi connectivity index (χ0v) is 19.0. The maximum Gasteiger partial charge on any atom is 0.203 e. The molecule has 0 atom stereocenters. The van der Waals surface area contributed by atoms with E-state index in [4.69, 9.17) is 19.2 Å². The summed E-state index contributed by atoms with van der Waals surface area (Å²) in [6.45, 7) is 0.510. The normalized spacial score (nSPS) is 10.7. The fourth-order valence-electron chi connectivity index (χ4n) is 3.43. The maximum absolute atomic E-state index is 12.7. The van der Waals surface area contributed by atoms with Crippen molar-refractivity contribution in [3.8, 4) is 27.8 Å². The van der Waals surface area contributed by atoms with Crippen LogP contribution in [0.2, 0.25) is 0 Å². The highest BCUT2D eigenvalue weighted by atomic mass is 32.1. The lowest BCUT2D eigenvalue weighted by Crippen LogP contribution is -2.09. The van der Waals surface area contributed by atoms with Gasteiger partial charge in [0.25, 0.3) is 0 Å². The average Bonchev–Trinajstić information content (AvgIpc) is 3.27. The fraction of sp³-hybridized carbons (Fsp3) is 0.200. The van der Waals surface area contributed by atoms with E-state index in [1.165, 1.54) is 26.0 Å². The van der Waals surface area contributed by atoms with Crippen LogP contribution in [0.5, 0.6) is 17.2 Å². The van der Waals surface area contributed by atoms with Crippen LogP contribution in [-0.2, 0) is 0 Å².